The number of ketones is 2. The van der Waals surface area contributed by atoms with E-state index in [1.54, 1.807) is 0 Å². The molecule has 6 heterocycles. The number of allylic oxidation sites excluding steroid dienone is 2. The molecule has 8 atom stereocenters. The van der Waals surface area contributed by atoms with Gasteiger partial charge < -0.3 is 67.2 Å². The van der Waals surface area contributed by atoms with Crippen LogP contribution in [0.5, 0.6) is 0 Å². The van der Waals surface area contributed by atoms with E-state index >= 15 is 0 Å². The highest BCUT2D eigenvalue weighted by Crippen LogP contribution is 2.55. The minimum atomic E-state index is -1.32. The monoisotopic (exact) mass is 643 g/mol. The van der Waals surface area contributed by atoms with Gasteiger partial charge >= 0.3 is 6.09 Å². The number of carbonyl (C=O) groups excluding carboxylic acids is 4. The van der Waals surface area contributed by atoms with Crippen LogP contribution in [0.3, 0.4) is 0 Å². The lowest BCUT2D eigenvalue weighted by molar-refractivity contribution is -0.137. The van der Waals surface area contributed by atoms with E-state index in [1.165, 1.54) is 31.1 Å². The maximum absolute atomic E-state index is 12.8. The topological polar surface area (TPSA) is 317 Å². The number of aromatic nitrogens is 3. The van der Waals surface area contributed by atoms with Gasteiger partial charge in [0.05, 0.1) is 40.9 Å². The highest BCUT2D eigenvalue weighted by atomic mass is 16.6. The number of amides is 2. The number of hydrogen-bond acceptors (Lipinski definition) is 16. The van der Waals surface area contributed by atoms with Crippen LogP contribution < -0.4 is 28.3 Å². The molecule has 0 radical (unpaired) electrons. The number of Topliss-reactive ketones (excluding diaryl/α,β-unsaturated/α-hetero) is 2. The summed E-state index contributed by atoms with van der Waals surface area (Å²) >= 11 is 0. The summed E-state index contributed by atoms with van der Waals surface area (Å²) in [5, 5.41) is 32.6. The molecule has 2 aromatic rings. The lowest BCUT2D eigenvalue weighted by Crippen LogP contribution is -2.55. The van der Waals surface area contributed by atoms with E-state index in [-0.39, 0.29) is 63.7 Å². The van der Waals surface area contributed by atoms with E-state index in [1.807, 2.05) is 4.90 Å². The Morgan fingerprint density at radius 1 is 1.17 bits per heavy atom. The second-order valence-electron chi connectivity index (χ2n) is 11.5. The number of ether oxygens (including phenoxy) is 3. The molecule has 2 amide bonds. The second-order valence-corrected chi connectivity index (χ2v) is 11.5. The van der Waals surface area contributed by atoms with E-state index < -0.39 is 60.6 Å². The molecule has 4 aliphatic heterocycles. The number of rotatable bonds is 6. The lowest BCUT2D eigenvalue weighted by atomic mass is 9.82. The Hall–Kier alpha value is -4.66. The summed E-state index contributed by atoms with van der Waals surface area (Å²) in [6.45, 7) is 1.45. The zero-order valence-corrected chi connectivity index (χ0v) is 24.6. The minimum Gasteiger partial charge on any atom is -0.449 e. The number of nitrogen functional groups attached to an aromatic ring is 1. The molecule has 5 aliphatic rings. The summed E-state index contributed by atoms with van der Waals surface area (Å²) in [7, 11) is 1.52. The van der Waals surface area contributed by atoms with Gasteiger partial charge in [0.25, 0.3) is 5.91 Å². The third-order valence-corrected chi connectivity index (χ3v) is 9.17. The number of methoxy groups -OCH3 is 1. The maximum Gasteiger partial charge on any atom is 0.404 e. The molecular formula is C27H33N9O10. The molecule has 0 spiro atoms. The highest BCUT2D eigenvalue weighted by Gasteiger charge is 2.72. The van der Waals surface area contributed by atoms with Crippen LogP contribution in [0.4, 0.5) is 10.6 Å². The van der Waals surface area contributed by atoms with Crippen molar-refractivity contribution in [2.45, 2.75) is 49.3 Å². The fourth-order valence-corrected chi connectivity index (χ4v) is 6.91. The van der Waals surface area contributed by atoms with Gasteiger partial charge in [0, 0.05) is 37.0 Å². The van der Waals surface area contributed by atoms with Crippen LogP contribution >= 0.6 is 0 Å². The van der Waals surface area contributed by atoms with Gasteiger partial charge in [-0.05, 0) is 6.92 Å². The van der Waals surface area contributed by atoms with Crippen molar-refractivity contribution in [1.82, 2.24) is 24.8 Å². The molecule has 7 rings (SSSR count). The van der Waals surface area contributed by atoms with Gasteiger partial charge in [-0.2, -0.15) is 0 Å². The smallest absolute Gasteiger partial charge is 0.404 e. The molecular weight excluding hydrogens is 610 g/mol. The third kappa shape index (κ3) is 4.35. The van der Waals surface area contributed by atoms with E-state index in [0.717, 1.165) is 0 Å². The standard InChI is InChI=1S/C15H18N4O5.C12H15N5O5/c1-5-9(16)12(21)8-6(4-24-14(17)22)15(23-2)13-7(18-13)3-19(15)10(8)11(5)20;13-9-6-4(10(14)21)1-17(11(6)16-3-15-9)12-8(20)7(19)5(2-18)22-12/h6-7,13,18H,3-4,16H2,1-2H3,(H2,17,22);1,3,5,7-8,12,18-20H,2H2,(H2,14,21)(H2,13,15,16)/t6-,7+,13+,15-;5-,7-,8-,12-/m11/s1. The first kappa shape index (κ1) is 31.3. The van der Waals surface area contributed by atoms with E-state index in [2.05, 4.69) is 15.3 Å². The number of nitrogens with two attached hydrogens (primary N) is 4. The van der Waals surface area contributed by atoms with Crippen molar-refractivity contribution >= 4 is 40.4 Å². The number of hydrogen-bond donors (Lipinski definition) is 8. The largest absolute Gasteiger partial charge is 0.449 e. The number of aliphatic hydroxyl groups is 3. The van der Waals surface area contributed by atoms with Gasteiger partial charge in [-0.15, -0.1) is 0 Å². The van der Waals surface area contributed by atoms with Gasteiger partial charge in [0.1, 0.15) is 42.7 Å². The Morgan fingerprint density at radius 3 is 2.50 bits per heavy atom. The third-order valence-electron chi connectivity index (χ3n) is 9.17. The quantitative estimate of drug-likeness (QED) is 0.110. The maximum atomic E-state index is 12.8. The van der Waals surface area contributed by atoms with Crippen LogP contribution in [0.1, 0.15) is 23.5 Å². The molecule has 19 heteroatoms. The van der Waals surface area contributed by atoms with Crippen molar-refractivity contribution < 1.29 is 48.7 Å². The lowest BCUT2D eigenvalue weighted by Gasteiger charge is -2.39. The molecule has 0 unspecified atom stereocenters. The number of piperazine rings is 1. The van der Waals surface area contributed by atoms with E-state index in [9.17, 15) is 29.4 Å². The Balaban J connectivity index is 0.000000162. The van der Waals surface area contributed by atoms with Crippen LogP contribution in [-0.4, -0.2) is 121 Å². The zero-order valence-electron chi connectivity index (χ0n) is 24.6. The number of carbonyl (C=O) groups is 4. The summed E-state index contributed by atoms with van der Waals surface area (Å²) in [4.78, 5) is 57.8. The van der Waals surface area contributed by atoms with Crippen LogP contribution in [0.2, 0.25) is 0 Å². The van der Waals surface area contributed by atoms with Gasteiger partial charge in [-0.1, -0.05) is 0 Å². The number of fused-ring (bicyclic) bond motifs is 5. The second kappa shape index (κ2) is 11.0. The number of nitrogens with zero attached hydrogens (tertiary/aromatic N) is 4. The van der Waals surface area contributed by atoms with E-state index in [0.29, 0.717) is 12.2 Å². The van der Waals surface area contributed by atoms with Gasteiger partial charge in [0.15, 0.2) is 12.0 Å². The van der Waals surface area contributed by atoms with Gasteiger partial charge in [-0.25, -0.2) is 14.8 Å². The average Bonchev–Trinajstić information content (AvgIpc) is 3.29. The Bertz CT molecular complexity index is 1740. The van der Waals surface area contributed by atoms with Crippen molar-refractivity contribution in [2.75, 3.05) is 32.6 Å². The Labute approximate surface area is 259 Å². The van der Waals surface area contributed by atoms with Crippen LogP contribution in [-0.2, 0) is 23.8 Å². The van der Waals surface area contributed by atoms with Gasteiger partial charge in [-0.3, -0.25) is 14.4 Å². The van der Waals surface area contributed by atoms with Crippen LogP contribution in [0.15, 0.2) is 35.1 Å². The molecule has 46 heavy (non-hydrogen) atoms. The van der Waals surface area contributed by atoms with E-state index in [4.69, 9.17) is 42.3 Å². The fourth-order valence-electron chi connectivity index (χ4n) is 6.91. The summed E-state index contributed by atoms with van der Waals surface area (Å²) in [5.74, 6) is -2.02. The molecule has 0 saturated carbocycles. The summed E-state index contributed by atoms with van der Waals surface area (Å²) in [6.07, 6.45) is -3.01. The SMILES string of the molecule is CO[C@@]12[C@H](COC(N)=O)C3=C(C(=O)C(C)=C(N)C3=O)N1C[C@@H]1N[C@@H]12.NC(=O)c1cn([C@@H]2O[C@H](CO)[C@@H](O)[C@H]2O)c2ncnc(N)c12. The molecule has 0 bridgehead atoms. The summed E-state index contributed by atoms with van der Waals surface area (Å²) in [5.41, 5.74) is 22.1. The molecule has 12 N–H and O–H groups in total. The molecule has 0 aromatic carbocycles. The predicted octanol–water partition coefficient (Wildman–Crippen LogP) is -3.93. The molecule has 3 fully saturated rings. The molecule has 2 aromatic heterocycles. The number of nitrogens with one attached hydrogen (secondary N) is 1. The van der Waals surface area contributed by atoms with Crippen LogP contribution in [0, 0.1) is 5.92 Å². The van der Waals surface area contributed by atoms with Crippen molar-refractivity contribution in [3.05, 3.63) is 40.6 Å². The number of aliphatic hydroxyl groups excluding tert-OH is 3. The summed E-state index contributed by atoms with van der Waals surface area (Å²) < 4.78 is 17.5. The zero-order chi connectivity index (χ0) is 33.4. The van der Waals surface area contributed by atoms with Crippen molar-refractivity contribution in [3.63, 3.8) is 0 Å². The van der Waals surface area contributed by atoms with Crippen molar-refractivity contribution in [1.29, 1.82) is 0 Å². The first-order valence-corrected chi connectivity index (χ1v) is 14.1. The van der Waals surface area contributed by atoms with Crippen molar-refractivity contribution in [2.24, 2.45) is 23.1 Å². The van der Waals surface area contributed by atoms with Crippen LogP contribution in [0.25, 0.3) is 11.0 Å². The molecule has 1 aliphatic carbocycles. The molecule has 19 nitrogen and oxygen atoms in total. The highest BCUT2D eigenvalue weighted by molar-refractivity contribution is 6.25. The first-order chi connectivity index (χ1) is 21.8. The average molecular weight is 644 g/mol. The molecule has 246 valence electrons. The minimum absolute atomic E-state index is 0.0586. The first-order valence-electron chi connectivity index (χ1n) is 14.1. The fraction of sp³-hybridized carbons (Fsp3) is 0.481. The molecule has 3 saturated heterocycles. The predicted molar refractivity (Wildman–Crippen MR) is 154 cm³/mol. The summed E-state index contributed by atoms with van der Waals surface area (Å²) in [6, 6.07) is 0.109. The Kier molecular flexibility index (Phi) is 7.49. The normalized spacial score (nSPS) is 32.7. The number of anilines is 1. The Morgan fingerprint density at radius 2 is 1.89 bits per heavy atom. The van der Waals surface area contributed by atoms with Gasteiger partial charge in [0.2, 0.25) is 11.6 Å². The number of primary amides is 2. The van der Waals surface area contributed by atoms with Crippen molar-refractivity contribution in [3.8, 4) is 0 Å².